The summed E-state index contributed by atoms with van der Waals surface area (Å²) in [6.45, 7) is 2.24. The van der Waals surface area contributed by atoms with Gasteiger partial charge in [0.15, 0.2) is 0 Å². The molecule has 1 aromatic heterocycles. The van der Waals surface area contributed by atoms with Crippen LogP contribution in [0, 0.1) is 12.8 Å². The molecular weight excluding hydrogens is 432 g/mol. The quantitative estimate of drug-likeness (QED) is 0.587. The van der Waals surface area contributed by atoms with Crippen molar-refractivity contribution in [2.45, 2.75) is 26.3 Å². The Bertz CT molecular complexity index is 1050. The van der Waals surface area contributed by atoms with Gasteiger partial charge in [-0.15, -0.1) is 0 Å². The van der Waals surface area contributed by atoms with Gasteiger partial charge in [-0.05, 0) is 61.7 Å². The van der Waals surface area contributed by atoms with Crippen molar-refractivity contribution in [1.82, 2.24) is 15.1 Å². The van der Waals surface area contributed by atoms with E-state index in [4.69, 9.17) is 0 Å². The first-order valence-corrected chi connectivity index (χ1v) is 10.3. The van der Waals surface area contributed by atoms with E-state index in [0.29, 0.717) is 12.1 Å². The molecule has 7 heteroatoms. The zero-order valence-electron chi connectivity index (χ0n) is 16.0. The highest BCUT2D eigenvalue weighted by molar-refractivity contribution is 9.10. The van der Waals surface area contributed by atoms with Crippen LogP contribution < -0.4 is 10.6 Å². The summed E-state index contributed by atoms with van der Waals surface area (Å²) >= 11 is 3.42. The third kappa shape index (κ3) is 4.56. The highest BCUT2D eigenvalue weighted by atomic mass is 79.9. The number of carbonyl (C=O) groups excluding carboxylic acids is 2. The third-order valence-electron chi connectivity index (χ3n) is 4.92. The van der Waals surface area contributed by atoms with E-state index in [0.717, 1.165) is 39.9 Å². The molecular formula is C22H21BrN4O2. The largest absolute Gasteiger partial charge is 0.348 e. The van der Waals surface area contributed by atoms with Crippen LogP contribution in [0.2, 0.25) is 0 Å². The molecule has 1 aliphatic rings. The lowest BCUT2D eigenvalue weighted by molar-refractivity contribution is -0.117. The van der Waals surface area contributed by atoms with E-state index < -0.39 is 0 Å². The molecule has 2 aromatic carbocycles. The van der Waals surface area contributed by atoms with Crippen LogP contribution >= 0.6 is 15.9 Å². The van der Waals surface area contributed by atoms with Gasteiger partial charge in [0.05, 0.1) is 23.1 Å². The van der Waals surface area contributed by atoms with Crippen molar-refractivity contribution < 1.29 is 9.59 Å². The summed E-state index contributed by atoms with van der Waals surface area (Å²) in [6.07, 6.45) is 3.52. The molecule has 4 rings (SSSR count). The Morgan fingerprint density at radius 3 is 2.66 bits per heavy atom. The van der Waals surface area contributed by atoms with Crippen LogP contribution in [0.15, 0.2) is 59.2 Å². The fraction of sp³-hybridized carbons (Fsp3) is 0.227. The van der Waals surface area contributed by atoms with E-state index in [1.807, 2.05) is 55.5 Å². The molecule has 0 aliphatic heterocycles. The summed E-state index contributed by atoms with van der Waals surface area (Å²) < 4.78 is 2.73. The van der Waals surface area contributed by atoms with Crippen LogP contribution in [0.4, 0.5) is 5.69 Å². The topological polar surface area (TPSA) is 76.0 Å². The van der Waals surface area contributed by atoms with E-state index in [9.17, 15) is 9.59 Å². The molecule has 0 radical (unpaired) electrons. The first-order chi connectivity index (χ1) is 14.0. The molecule has 1 aliphatic carbocycles. The van der Waals surface area contributed by atoms with Crippen molar-refractivity contribution in [1.29, 1.82) is 0 Å². The molecule has 1 saturated carbocycles. The van der Waals surface area contributed by atoms with Crippen molar-refractivity contribution in [2.75, 3.05) is 5.32 Å². The van der Waals surface area contributed by atoms with E-state index in [2.05, 4.69) is 31.7 Å². The Kier molecular flexibility index (Phi) is 5.49. The zero-order chi connectivity index (χ0) is 20.4. The van der Waals surface area contributed by atoms with E-state index in [-0.39, 0.29) is 17.7 Å². The maximum absolute atomic E-state index is 12.7. The Balaban J connectivity index is 1.41. The van der Waals surface area contributed by atoms with Crippen LogP contribution in [0.1, 0.15) is 34.5 Å². The van der Waals surface area contributed by atoms with Crippen LogP contribution in [0.25, 0.3) is 5.69 Å². The highest BCUT2D eigenvalue weighted by Gasteiger charge is 2.29. The average molecular weight is 453 g/mol. The van der Waals surface area contributed by atoms with Crippen LogP contribution in [0.5, 0.6) is 0 Å². The first-order valence-electron chi connectivity index (χ1n) is 9.50. The summed E-state index contributed by atoms with van der Waals surface area (Å²) in [5, 5.41) is 10.2. The van der Waals surface area contributed by atoms with Gasteiger partial charge >= 0.3 is 0 Å². The number of benzene rings is 2. The number of rotatable bonds is 6. The Morgan fingerprint density at radius 2 is 1.93 bits per heavy atom. The second-order valence-electron chi connectivity index (χ2n) is 7.18. The molecule has 0 bridgehead atoms. The number of carbonyl (C=O) groups is 2. The summed E-state index contributed by atoms with van der Waals surface area (Å²) in [4.78, 5) is 24.6. The number of hydrogen-bond donors (Lipinski definition) is 2. The van der Waals surface area contributed by atoms with Crippen molar-refractivity contribution in [3.63, 3.8) is 0 Å². The van der Waals surface area contributed by atoms with Gasteiger partial charge in [0.2, 0.25) is 5.91 Å². The molecule has 0 saturated heterocycles. The fourth-order valence-corrected chi connectivity index (χ4v) is 3.37. The van der Waals surface area contributed by atoms with Gasteiger partial charge in [0.1, 0.15) is 0 Å². The number of hydrogen-bond acceptors (Lipinski definition) is 3. The predicted octanol–water partition coefficient (Wildman–Crippen LogP) is 4.22. The normalized spacial score (nSPS) is 13.2. The molecule has 3 aromatic rings. The molecule has 1 heterocycles. The predicted molar refractivity (Wildman–Crippen MR) is 115 cm³/mol. The SMILES string of the molecule is Cc1c(C(=O)NCc2cccc(NC(=O)C3CC3)c2)cnn1-c1ccc(Br)cc1. The Hall–Kier alpha value is -2.93. The third-order valence-corrected chi connectivity index (χ3v) is 5.45. The monoisotopic (exact) mass is 452 g/mol. The number of anilines is 1. The minimum Gasteiger partial charge on any atom is -0.348 e. The Labute approximate surface area is 177 Å². The van der Waals surface area contributed by atoms with Crippen molar-refractivity contribution >= 4 is 33.4 Å². The number of halogens is 1. The molecule has 148 valence electrons. The van der Waals surface area contributed by atoms with Crippen molar-refractivity contribution in [2.24, 2.45) is 5.92 Å². The highest BCUT2D eigenvalue weighted by Crippen LogP contribution is 2.30. The van der Waals surface area contributed by atoms with Crippen molar-refractivity contribution in [3.8, 4) is 5.69 Å². The van der Waals surface area contributed by atoms with Gasteiger partial charge in [-0.1, -0.05) is 28.1 Å². The van der Waals surface area contributed by atoms with Crippen LogP contribution in [-0.2, 0) is 11.3 Å². The number of aromatic nitrogens is 2. The molecule has 2 N–H and O–H groups in total. The lowest BCUT2D eigenvalue weighted by Gasteiger charge is -2.09. The van der Waals surface area contributed by atoms with E-state index >= 15 is 0 Å². The fourth-order valence-electron chi connectivity index (χ4n) is 3.10. The smallest absolute Gasteiger partial charge is 0.255 e. The summed E-state index contributed by atoms with van der Waals surface area (Å²) in [6, 6.07) is 15.3. The minimum absolute atomic E-state index is 0.0715. The second-order valence-corrected chi connectivity index (χ2v) is 8.09. The lowest BCUT2D eigenvalue weighted by atomic mass is 10.2. The van der Waals surface area contributed by atoms with E-state index in [1.165, 1.54) is 0 Å². The maximum Gasteiger partial charge on any atom is 0.255 e. The molecule has 6 nitrogen and oxygen atoms in total. The minimum atomic E-state index is -0.182. The summed E-state index contributed by atoms with van der Waals surface area (Å²) in [5.74, 6) is 0.0454. The maximum atomic E-state index is 12.7. The van der Waals surface area contributed by atoms with Crippen molar-refractivity contribution in [3.05, 3.63) is 76.0 Å². The van der Waals surface area contributed by atoms with Crippen LogP contribution in [0.3, 0.4) is 0 Å². The van der Waals surface area contributed by atoms with E-state index in [1.54, 1.807) is 10.9 Å². The molecule has 0 atom stereocenters. The lowest BCUT2D eigenvalue weighted by Crippen LogP contribution is -2.23. The zero-order valence-corrected chi connectivity index (χ0v) is 17.6. The van der Waals surface area contributed by atoms with Gasteiger partial charge < -0.3 is 10.6 Å². The Morgan fingerprint density at radius 1 is 1.17 bits per heavy atom. The standard InChI is InChI=1S/C22H21BrN4O2/c1-14-20(13-25-27(14)19-9-7-17(23)8-10-19)22(29)24-12-15-3-2-4-18(11-15)26-21(28)16-5-6-16/h2-4,7-11,13,16H,5-6,12H2,1H3,(H,24,29)(H,26,28). The number of nitrogens with zero attached hydrogens (tertiary/aromatic N) is 2. The van der Waals surface area contributed by atoms with Gasteiger partial charge in [0, 0.05) is 22.6 Å². The second kappa shape index (κ2) is 8.21. The van der Waals surface area contributed by atoms with Gasteiger partial charge in [-0.2, -0.15) is 5.10 Å². The van der Waals surface area contributed by atoms with Crippen LogP contribution in [-0.4, -0.2) is 21.6 Å². The van der Waals surface area contributed by atoms with Gasteiger partial charge in [0.25, 0.3) is 5.91 Å². The average Bonchev–Trinajstić information content (AvgIpc) is 3.50. The number of nitrogens with one attached hydrogen (secondary N) is 2. The molecule has 0 spiro atoms. The molecule has 29 heavy (non-hydrogen) atoms. The molecule has 0 unspecified atom stereocenters. The first kappa shape index (κ1) is 19.4. The number of amides is 2. The molecule has 2 amide bonds. The summed E-state index contributed by atoms with van der Waals surface area (Å²) in [5.41, 5.74) is 3.88. The van der Waals surface area contributed by atoms with Gasteiger partial charge in [-0.3, -0.25) is 9.59 Å². The van der Waals surface area contributed by atoms with Gasteiger partial charge in [-0.25, -0.2) is 4.68 Å². The summed E-state index contributed by atoms with van der Waals surface area (Å²) in [7, 11) is 0. The molecule has 1 fully saturated rings.